The third-order valence-corrected chi connectivity index (χ3v) is 15.3. The summed E-state index contributed by atoms with van der Waals surface area (Å²) in [4.78, 5) is 5.20. The van der Waals surface area contributed by atoms with Crippen molar-refractivity contribution in [2.45, 2.75) is 322 Å². The minimum absolute atomic E-state index is 0.794. The van der Waals surface area contributed by atoms with E-state index in [0.717, 1.165) is 11.8 Å². The average Bonchev–Trinajstić information content (AvgIpc) is 3.34. The van der Waals surface area contributed by atoms with E-state index in [-0.39, 0.29) is 0 Å². The summed E-state index contributed by atoms with van der Waals surface area (Å²) in [7, 11) is 4.44. The lowest BCUT2D eigenvalue weighted by atomic mass is 9.86. The van der Waals surface area contributed by atoms with Crippen molar-refractivity contribution in [3.05, 3.63) is 37.1 Å². The van der Waals surface area contributed by atoms with Crippen LogP contribution in [0.25, 0.3) is 0 Å². The first-order chi connectivity index (χ1) is 33.8. The molecule has 0 aromatic heterocycles. The van der Waals surface area contributed by atoms with Gasteiger partial charge >= 0.3 is 0 Å². The quantitative estimate of drug-likeness (QED) is 0.0277. The Kier molecular flexibility index (Phi) is 61.2. The second-order valence-electron chi connectivity index (χ2n) is 22.3. The van der Waals surface area contributed by atoms with Crippen molar-refractivity contribution in [3.8, 4) is 0 Å². The Morgan fingerprint density at radius 2 is 0.783 bits per heavy atom. The fraction of sp³-hybridized carbons (Fsp3) is 0.906. The maximum atomic E-state index is 4.70. The maximum absolute atomic E-state index is 4.70. The Morgan fingerprint density at radius 3 is 1.16 bits per heavy atom. The SMILES string of the molecule is C=C(CCCCCCCCCN(CCCCCCCCCC(=C)C1CCCCCCCCCCCCCC1)CCCCCN(C)C)C(CCCCCCCC)CCCCCCCC.C=CN.C[B]S. The monoisotopic (exact) mass is 983 g/mol. The zero-order chi connectivity index (χ0) is 50.9. The van der Waals surface area contributed by atoms with Crippen molar-refractivity contribution in [1.82, 2.24) is 9.80 Å². The Bertz CT molecular complexity index is 985. The highest BCUT2D eigenvalue weighted by atomic mass is 32.1. The fourth-order valence-electron chi connectivity index (χ4n) is 10.8. The van der Waals surface area contributed by atoms with E-state index in [1.54, 1.807) is 17.7 Å². The molecule has 0 atom stereocenters. The van der Waals surface area contributed by atoms with Gasteiger partial charge in [-0.2, -0.15) is 0 Å². The average molecular weight is 984 g/mol. The molecule has 0 aromatic carbocycles. The van der Waals surface area contributed by atoms with E-state index in [4.69, 9.17) is 6.58 Å². The van der Waals surface area contributed by atoms with Crippen LogP contribution in [0.1, 0.15) is 316 Å². The van der Waals surface area contributed by atoms with Crippen LogP contribution >= 0.6 is 12.5 Å². The van der Waals surface area contributed by atoms with E-state index in [9.17, 15) is 0 Å². The van der Waals surface area contributed by atoms with Gasteiger partial charge in [-0.25, -0.2) is 12.5 Å². The molecule has 1 radical (unpaired) electrons. The van der Waals surface area contributed by atoms with Crippen LogP contribution in [0.4, 0.5) is 0 Å². The second-order valence-corrected chi connectivity index (χ2v) is 22.8. The first-order valence-electron chi connectivity index (χ1n) is 31.3. The van der Waals surface area contributed by atoms with E-state index < -0.39 is 0 Å². The topological polar surface area (TPSA) is 32.5 Å². The molecule has 0 unspecified atom stereocenters. The zero-order valence-electron chi connectivity index (χ0n) is 48.4. The molecule has 1 aliphatic carbocycles. The van der Waals surface area contributed by atoms with Crippen LogP contribution in [0, 0.1) is 11.8 Å². The largest absolute Gasteiger partial charge is 0.405 e. The molecule has 0 bridgehead atoms. The van der Waals surface area contributed by atoms with Crippen molar-refractivity contribution >= 4 is 19.0 Å². The van der Waals surface area contributed by atoms with Crippen LogP contribution in [0.15, 0.2) is 37.1 Å². The summed E-state index contributed by atoms with van der Waals surface area (Å²) in [6.45, 7) is 26.0. The van der Waals surface area contributed by atoms with Crippen LogP contribution in [-0.4, -0.2) is 56.6 Å². The summed E-state index contributed by atoms with van der Waals surface area (Å²) in [5, 5.41) is 0. The van der Waals surface area contributed by atoms with Crippen molar-refractivity contribution in [3.63, 3.8) is 0 Å². The van der Waals surface area contributed by atoms with E-state index in [1.165, 1.54) is 334 Å². The number of hydrogen-bond acceptors (Lipinski definition) is 4. The van der Waals surface area contributed by atoms with Crippen molar-refractivity contribution in [1.29, 1.82) is 0 Å². The first kappa shape index (κ1) is 70.4. The van der Waals surface area contributed by atoms with E-state index in [2.05, 4.69) is 69.1 Å². The first-order valence-corrected chi connectivity index (χ1v) is 31.8. The van der Waals surface area contributed by atoms with E-state index in [1.807, 2.05) is 6.82 Å². The summed E-state index contributed by atoms with van der Waals surface area (Å²) in [5.41, 5.74) is 7.83. The lowest BCUT2D eigenvalue weighted by Gasteiger charge is -2.22. The van der Waals surface area contributed by atoms with Gasteiger partial charge in [-0.05, 0) is 135 Å². The number of allylic oxidation sites excluding steroid dienone is 2. The third-order valence-electron chi connectivity index (χ3n) is 15.3. The van der Waals surface area contributed by atoms with Gasteiger partial charge in [0.25, 0.3) is 0 Å². The molecule has 0 amide bonds. The minimum Gasteiger partial charge on any atom is -0.405 e. The predicted molar refractivity (Wildman–Crippen MR) is 324 cm³/mol. The standard InChI is InChI=1S/C61H120N2.C2H5N.CH4BS/c1-7-9-11-13-31-40-50-60(51-41-32-14-12-10-8-2)58(3)48-38-29-23-21-27-35-45-55-63(57-47-37-44-54-62(5)6)56-46-36-28-22-24-30-39-49-59(4)61-52-42-33-25-19-17-15-16-18-20-26-34-43-53-61;2*1-2-3/h60-61H,3-4,7-57H2,1-2,5-6H3;2H,1,3H2;3H,1H3. The molecule has 1 saturated carbocycles. The molecular formula is C64H129BN3S. The fourth-order valence-corrected chi connectivity index (χ4v) is 10.8. The summed E-state index contributed by atoms with van der Waals surface area (Å²) < 4.78 is 0. The number of nitrogens with two attached hydrogens (primary N) is 1. The van der Waals surface area contributed by atoms with Crippen molar-refractivity contribution in [2.75, 3.05) is 40.3 Å². The zero-order valence-corrected chi connectivity index (χ0v) is 49.3. The highest BCUT2D eigenvalue weighted by Crippen LogP contribution is 2.30. The Balaban J connectivity index is 0. The molecule has 1 aliphatic rings. The summed E-state index contributed by atoms with van der Waals surface area (Å²) in [6.07, 6.45) is 68.0. The Morgan fingerprint density at radius 1 is 0.493 bits per heavy atom. The summed E-state index contributed by atoms with van der Waals surface area (Å²) in [6, 6.07) is 0. The molecule has 0 heterocycles. The molecule has 2 N–H and O–H groups in total. The minimum atomic E-state index is 0.794. The number of rotatable bonds is 42. The van der Waals surface area contributed by atoms with Crippen LogP contribution < -0.4 is 5.73 Å². The Labute approximate surface area is 444 Å². The van der Waals surface area contributed by atoms with Crippen molar-refractivity contribution in [2.24, 2.45) is 17.6 Å². The molecule has 69 heavy (non-hydrogen) atoms. The van der Waals surface area contributed by atoms with Gasteiger partial charge in [0.15, 0.2) is 6.56 Å². The number of hydrogen-bond donors (Lipinski definition) is 2. The van der Waals surface area contributed by atoms with Gasteiger partial charge in [-0.15, -0.1) is 0 Å². The molecule has 0 aromatic rings. The van der Waals surface area contributed by atoms with Gasteiger partial charge in [0.05, 0.1) is 0 Å². The molecular weight excluding hydrogens is 854 g/mol. The number of unbranched alkanes of at least 4 members (excludes halogenated alkanes) is 24. The van der Waals surface area contributed by atoms with Crippen LogP contribution in [0.5, 0.6) is 0 Å². The molecule has 3 nitrogen and oxygen atoms in total. The van der Waals surface area contributed by atoms with Crippen molar-refractivity contribution < 1.29 is 0 Å². The van der Waals surface area contributed by atoms with Gasteiger partial charge in [-0.1, -0.05) is 276 Å². The predicted octanol–water partition coefficient (Wildman–Crippen LogP) is 21.3. The second kappa shape index (κ2) is 59.9. The van der Waals surface area contributed by atoms with E-state index >= 15 is 0 Å². The third kappa shape index (κ3) is 55.0. The smallest absolute Gasteiger partial charge is 0.183 e. The highest BCUT2D eigenvalue weighted by molar-refractivity contribution is 8.06. The van der Waals surface area contributed by atoms with Gasteiger partial charge in [-0.3, -0.25) is 0 Å². The van der Waals surface area contributed by atoms with Gasteiger partial charge in [0.1, 0.15) is 0 Å². The van der Waals surface area contributed by atoms with Crippen LogP contribution in [0.3, 0.4) is 0 Å². The number of thiol groups is 1. The molecule has 0 aliphatic heterocycles. The van der Waals surface area contributed by atoms with Gasteiger partial charge in [0, 0.05) is 0 Å². The summed E-state index contributed by atoms with van der Waals surface area (Å²) in [5.74, 6) is 1.60. The van der Waals surface area contributed by atoms with Crippen LogP contribution in [0.2, 0.25) is 6.82 Å². The summed E-state index contributed by atoms with van der Waals surface area (Å²) >= 11 is 3.66. The Hall–Kier alpha value is -0.645. The van der Waals surface area contributed by atoms with Crippen LogP contribution in [-0.2, 0) is 0 Å². The normalized spacial score (nSPS) is 14.4. The lowest BCUT2D eigenvalue weighted by molar-refractivity contribution is 0.252. The maximum Gasteiger partial charge on any atom is 0.183 e. The molecule has 1 rings (SSSR count). The molecule has 5 heteroatoms. The van der Waals surface area contributed by atoms with Gasteiger partial charge in [0.2, 0.25) is 0 Å². The highest BCUT2D eigenvalue weighted by Gasteiger charge is 2.14. The van der Waals surface area contributed by atoms with E-state index in [0.29, 0.717) is 0 Å². The lowest BCUT2D eigenvalue weighted by Crippen LogP contribution is -2.27. The molecule has 409 valence electrons. The molecule has 0 saturated heterocycles. The molecule has 0 spiro atoms. The molecule has 1 fully saturated rings. The number of nitrogens with zero attached hydrogens (tertiary/aromatic N) is 2. The van der Waals surface area contributed by atoms with Gasteiger partial charge < -0.3 is 15.5 Å².